The Morgan fingerprint density at radius 1 is 1.41 bits per heavy atom. The summed E-state index contributed by atoms with van der Waals surface area (Å²) < 4.78 is 5.48. The molecule has 2 unspecified atom stereocenters. The number of carbonyl (C=O) groups excluding carboxylic acids is 2. The van der Waals surface area contributed by atoms with Gasteiger partial charge in [0.15, 0.2) is 0 Å². The summed E-state index contributed by atoms with van der Waals surface area (Å²) in [4.78, 5) is 25.9. The van der Waals surface area contributed by atoms with Gasteiger partial charge in [0.2, 0.25) is 11.8 Å². The fourth-order valence-electron chi connectivity index (χ4n) is 3.34. The number of rotatable bonds is 3. The molecule has 2 heterocycles. The number of nitrogens with zero attached hydrogens (tertiary/aromatic N) is 1. The van der Waals surface area contributed by atoms with Crippen molar-refractivity contribution in [1.29, 1.82) is 0 Å². The molecule has 5 nitrogen and oxygen atoms in total. The highest BCUT2D eigenvalue weighted by Gasteiger charge is 2.33. The van der Waals surface area contributed by atoms with E-state index in [9.17, 15) is 9.59 Å². The Kier molecular flexibility index (Phi) is 4.05. The molecule has 2 aliphatic heterocycles. The third-order valence-electron chi connectivity index (χ3n) is 4.62. The fourth-order valence-corrected chi connectivity index (χ4v) is 3.34. The van der Waals surface area contributed by atoms with Crippen molar-refractivity contribution in [2.75, 3.05) is 13.2 Å². The second-order valence-electron chi connectivity index (χ2n) is 6.35. The fraction of sp³-hybridized carbons (Fsp3) is 0.529. The van der Waals surface area contributed by atoms with E-state index in [0.29, 0.717) is 31.9 Å². The number of hydrogen-bond acceptors (Lipinski definition) is 3. The number of benzene rings is 1. The van der Waals surface area contributed by atoms with E-state index >= 15 is 0 Å². The van der Waals surface area contributed by atoms with Gasteiger partial charge in [-0.2, -0.15) is 0 Å². The van der Waals surface area contributed by atoms with Gasteiger partial charge in [0, 0.05) is 13.0 Å². The molecule has 3 rings (SSSR count). The van der Waals surface area contributed by atoms with E-state index in [-0.39, 0.29) is 5.91 Å². The second-order valence-corrected chi connectivity index (χ2v) is 6.35. The van der Waals surface area contributed by atoms with Gasteiger partial charge >= 0.3 is 0 Å². The van der Waals surface area contributed by atoms with Gasteiger partial charge in [0.05, 0.1) is 13.0 Å². The van der Waals surface area contributed by atoms with Gasteiger partial charge in [-0.15, -0.1) is 0 Å². The first-order chi connectivity index (χ1) is 10.5. The van der Waals surface area contributed by atoms with Crippen LogP contribution in [0.3, 0.4) is 0 Å². The number of piperidine rings is 1. The monoisotopic (exact) mass is 302 g/mol. The predicted molar refractivity (Wildman–Crippen MR) is 82.4 cm³/mol. The molecule has 0 spiro atoms. The summed E-state index contributed by atoms with van der Waals surface area (Å²) in [5, 5.41) is 0. The standard InChI is InChI=1S/C17H22N2O3/c1-11-4-6-19(14(8-11)17(18)21)16(20)10-12-2-3-15-13(9-12)5-7-22-15/h2-3,9,11,14H,4-8,10H2,1H3,(H2,18,21). The maximum absolute atomic E-state index is 12.6. The molecule has 0 saturated carbocycles. The van der Waals surface area contributed by atoms with Crippen LogP contribution in [0.1, 0.15) is 30.9 Å². The van der Waals surface area contributed by atoms with Gasteiger partial charge in [-0.05, 0) is 36.0 Å². The average Bonchev–Trinajstić information content (AvgIpc) is 2.94. The van der Waals surface area contributed by atoms with Crippen molar-refractivity contribution in [3.63, 3.8) is 0 Å². The molecule has 0 aliphatic carbocycles. The number of carbonyl (C=O) groups is 2. The maximum atomic E-state index is 12.6. The lowest BCUT2D eigenvalue weighted by Crippen LogP contribution is -2.52. The van der Waals surface area contributed by atoms with Crippen LogP contribution in [-0.2, 0) is 22.4 Å². The molecule has 1 saturated heterocycles. The minimum absolute atomic E-state index is 0.0189. The lowest BCUT2D eigenvalue weighted by molar-refractivity contribution is -0.141. The van der Waals surface area contributed by atoms with Crippen molar-refractivity contribution in [3.8, 4) is 5.75 Å². The van der Waals surface area contributed by atoms with E-state index in [4.69, 9.17) is 10.5 Å². The topological polar surface area (TPSA) is 72.6 Å². The van der Waals surface area contributed by atoms with Crippen molar-refractivity contribution in [3.05, 3.63) is 29.3 Å². The summed E-state index contributed by atoms with van der Waals surface area (Å²) in [7, 11) is 0. The highest BCUT2D eigenvalue weighted by Crippen LogP contribution is 2.27. The van der Waals surface area contributed by atoms with E-state index in [1.54, 1.807) is 4.90 Å². The van der Waals surface area contributed by atoms with Crippen molar-refractivity contribution in [2.45, 2.75) is 38.6 Å². The molecule has 1 aromatic carbocycles. The summed E-state index contributed by atoms with van der Waals surface area (Å²) in [6.07, 6.45) is 2.79. The smallest absolute Gasteiger partial charge is 0.240 e. The number of fused-ring (bicyclic) bond motifs is 1. The molecular weight excluding hydrogens is 280 g/mol. The lowest BCUT2D eigenvalue weighted by atomic mass is 9.91. The quantitative estimate of drug-likeness (QED) is 0.914. The first kappa shape index (κ1) is 14.9. The summed E-state index contributed by atoms with van der Waals surface area (Å²) in [5.74, 6) is 0.925. The summed E-state index contributed by atoms with van der Waals surface area (Å²) in [6.45, 7) is 3.42. The molecule has 2 N–H and O–H groups in total. The predicted octanol–water partition coefficient (Wildman–Crippen LogP) is 1.28. The molecule has 118 valence electrons. The largest absolute Gasteiger partial charge is 0.493 e. The lowest BCUT2D eigenvalue weighted by Gasteiger charge is -2.36. The Bertz CT molecular complexity index is 600. The highest BCUT2D eigenvalue weighted by molar-refractivity contribution is 5.87. The maximum Gasteiger partial charge on any atom is 0.240 e. The zero-order valence-electron chi connectivity index (χ0n) is 12.9. The molecule has 1 aromatic rings. The van der Waals surface area contributed by atoms with Crippen LogP contribution in [-0.4, -0.2) is 35.9 Å². The molecule has 0 bridgehead atoms. The number of ether oxygens (including phenoxy) is 1. The normalized spacial score (nSPS) is 23.8. The van der Waals surface area contributed by atoms with Crippen molar-refractivity contribution < 1.29 is 14.3 Å². The van der Waals surface area contributed by atoms with Gasteiger partial charge in [-0.3, -0.25) is 9.59 Å². The molecule has 22 heavy (non-hydrogen) atoms. The highest BCUT2D eigenvalue weighted by atomic mass is 16.5. The Hall–Kier alpha value is -2.04. The molecule has 5 heteroatoms. The van der Waals surface area contributed by atoms with Crippen molar-refractivity contribution in [1.82, 2.24) is 4.90 Å². The van der Waals surface area contributed by atoms with Crippen molar-refractivity contribution >= 4 is 11.8 Å². The van der Waals surface area contributed by atoms with E-state index in [0.717, 1.165) is 29.7 Å². The first-order valence-corrected chi connectivity index (χ1v) is 7.88. The van der Waals surface area contributed by atoms with Gasteiger partial charge in [0.1, 0.15) is 11.8 Å². The zero-order chi connectivity index (χ0) is 15.7. The average molecular weight is 302 g/mol. The third kappa shape index (κ3) is 2.93. The molecule has 2 atom stereocenters. The second kappa shape index (κ2) is 5.99. The third-order valence-corrected chi connectivity index (χ3v) is 4.62. The van der Waals surface area contributed by atoms with Crippen LogP contribution in [0.15, 0.2) is 18.2 Å². The van der Waals surface area contributed by atoms with Crippen LogP contribution < -0.4 is 10.5 Å². The summed E-state index contributed by atoms with van der Waals surface area (Å²) >= 11 is 0. The molecular formula is C17H22N2O3. The molecule has 1 fully saturated rings. The van der Waals surface area contributed by atoms with E-state index in [1.165, 1.54) is 0 Å². The molecule has 0 aromatic heterocycles. The van der Waals surface area contributed by atoms with E-state index < -0.39 is 11.9 Å². The van der Waals surface area contributed by atoms with Gasteiger partial charge < -0.3 is 15.4 Å². The molecule has 0 radical (unpaired) electrons. The van der Waals surface area contributed by atoms with Crippen LogP contribution >= 0.6 is 0 Å². The number of amides is 2. The number of primary amides is 1. The van der Waals surface area contributed by atoms with Gasteiger partial charge in [-0.1, -0.05) is 19.1 Å². The minimum atomic E-state index is -0.464. The van der Waals surface area contributed by atoms with Crippen molar-refractivity contribution in [2.24, 2.45) is 11.7 Å². The van der Waals surface area contributed by atoms with Crippen LogP contribution in [0.4, 0.5) is 0 Å². The Balaban J connectivity index is 1.71. The molecule has 2 amide bonds. The Morgan fingerprint density at radius 2 is 2.23 bits per heavy atom. The van der Waals surface area contributed by atoms with Crippen LogP contribution in [0.5, 0.6) is 5.75 Å². The van der Waals surface area contributed by atoms with E-state index in [2.05, 4.69) is 6.92 Å². The van der Waals surface area contributed by atoms with Crippen LogP contribution in [0.25, 0.3) is 0 Å². The van der Waals surface area contributed by atoms with Crippen LogP contribution in [0.2, 0.25) is 0 Å². The van der Waals surface area contributed by atoms with Crippen LogP contribution in [0, 0.1) is 5.92 Å². The number of likely N-dealkylation sites (tertiary alicyclic amines) is 1. The summed E-state index contributed by atoms with van der Waals surface area (Å²) in [5.41, 5.74) is 7.60. The van der Waals surface area contributed by atoms with Gasteiger partial charge in [0.25, 0.3) is 0 Å². The SMILES string of the molecule is CC1CCN(C(=O)Cc2ccc3c(c2)CCO3)C(C(N)=O)C1. The number of hydrogen-bond donors (Lipinski definition) is 1. The summed E-state index contributed by atoms with van der Waals surface area (Å²) in [6, 6.07) is 5.42. The number of nitrogens with two attached hydrogens (primary N) is 1. The Labute approximate surface area is 130 Å². The Morgan fingerprint density at radius 3 is 3.00 bits per heavy atom. The minimum Gasteiger partial charge on any atom is -0.493 e. The van der Waals surface area contributed by atoms with Gasteiger partial charge in [-0.25, -0.2) is 0 Å². The van der Waals surface area contributed by atoms with E-state index in [1.807, 2.05) is 18.2 Å². The molecule has 2 aliphatic rings. The zero-order valence-corrected chi connectivity index (χ0v) is 12.9. The first-order valence-electron chi connectivity index (χ1n) is 7.88.